The Kier molecular flexibility index (Phi) is 17.5. The van der Waals surface area contributed by atoms with Crippen molar-refractivity contribution in [3.05, 3.63) is 83.7 Å². The Morgan fingerprint density at radius 3 is 1.86 bits per heavy atom. The molecule has 4 rings (SSSR count). The van der Waals surface area contributed by atoms with Gasteiger partial charge in [-0.3, -0.25) is 0 Å². The second-order valence-corrected chi connectivity index (χ2v) is 13.6. The molecular formula is C43H57FO7. The minimum atomic E-state index is -0.802. The summed E-state index contributed by atoms with van der Waals surface area (Å²) in [5, 5.41) is 0. The molecule has 0 N–H and O–H groups in total. The highest BCUT2D eigenvalue weighted by molar-refractivity contribution is 5.92. The summed E-state index contributed by atoms with van der Waals surface area (Å²) in [4.78, 5) is 25.3. The first kappa shape index (κ1) is 40.0. The van der Waals surface area contributed by atoms with Crippen molar-refractivity contribution < 1.29 is 37.7 Å². The van der Waals surface area contributed by atoms with Crippen LogP contribution < -0.4 is 9.47 Å². The average Bonchev–Trinajstić information content (AvgIpc) is 3.13. The molecule has 0 aliphatic carbocycles. The second-order valence-electron chi connectivity index (χ2n) is 13.6. The van der Waals surface area contributed by atoms with Gasteiger partial charge in [0.15, 0.2) is 11.6 Å². The van der Waals surface area contributed by atoms with Crippen molar-refractivity contribution in [1.29, 1.82) is 0 Å². The number of ether oxygens (including phenoxy) is 5. The van der Waals surface area contributed by atoms with Crippen LogP contribution in [0.25, 0.3) is 11.1 Å². The third-order valence-corrected chi connectivity index (χ3v) is 9.44. The Bertz CT molecular complexity index is 1450. The van der Waals surface area contributed by atoms with Gasteiger partial charge in [-0.05, 0) is 86.2 Å². The summed E-state index contributed by atoms with van der Waals surface area (Å²) >= 11 is 0. The Morgan fingerprint density at radius 1 is 0.745 bits per heavy atom. The standard InChI is InChI=1S/C43H57FO7/c1-4-15-39(16-5-2)50-43(46)36-23-26-41(40(44)29-36)51-42(45)35-19-17-33(18-20-35)34-21-24-38(25-22-34)48-28-14-12-10-8-6-7-9-11-13-27-47-30-37-31-49-32(37)3/h17-26,29,32,37,39H,4-16,27-28,30-31H2,1-3H3. The van der Waals surface area contributed by atoms with Gasteiger partial charge in [-0.1, -0.05) is 95.9 Å². The molecule has 0 bridgehead atoms. The molecular weight excluding hydrogens is 647 g/mol. The number of esters is 2. The smallest absolute Gasteiger partial charge is 0.343 e. The normalized spacial score (nSPS) is 15.4. The fourth-order valence-electron chi connectivity index (χ4n) is 6.11. The van der Waals surface area contributed by atoms with E-state index >= 15 is 0 Å². The molecule has 0 saturated carbocycles. The van der Waals surface area contributed by atoms with E-state index in [1.165, 1.54) is 57.1 Å². The third-order valence-electron chi connectivity index (χ3n) is 9.44. The van der Waals surface area contributed by atoms with Gasteiger partial charge in [0.25, 0.3) is 0 Å². The molecule has 2 unspecified atom stereocenters. The number of halogens is 1. The largest absolute Gasteiger partial charge is 0.494 e. The second kappa shape index (κ2) is 22.2. The Balaban J connectivity index is 1.08. The van der Waals surface area contributed by atoms with Crippen molar-refractivity contribution in [2.75, 3.05) is 26.4 Å². The molecule has 0 aromatic heterocycles. The third kappa shape index (κ3) is 13.7. The predicted octanol–water partition coefficient (Wildman–Crippen LogP) is 10.8. The summed E-state index contributed by atoms with van der Waals surface area (Å²) in [6.45, 7) is 9.45. The number of unbranched alkanes of at least 4 members (excludes halogenated alkanes) is 8. The zero-order valence-corrected chi connectivity index (χ0v) is 30.8. The van der Waals surface area contributed by atoms with E-state index < -0.39 is 17.8 Å². The van der Waals surface area contributed by atoms with Crippen molar-refractivity contribution in [3.63, 3.8) is 0 Å². The van der Waals surface area contributed by atoms with Crippen LogP contribution in [0.15, 0.2) is 66.7 Å². The van der Waals surface area contributed by atoms with Gasteiger partial charge in [0, 0.05) is 12.5 Å². The fourth-order valence-corrected chi connectivity index (χ4v) is 6.11. The highest BCUT2D eigenvalue weighted by Crippen LogP contribution is 2.25. The number of hydrogen-bond donors (Lipinski definition) is 0. The molecule has 3 aromatic carbocycles. The molecule has 0 radical (unpaired) electrons. The number of benzene rings is 3. The molecule has 1 aliphatic heterocycles. The first-order valence-electron chi connectivity index (χ1n) is 19.1. The van der Waals surface area contributed by atoms with E-state index in [4.69, 9.17) is 23.7 Å². The quantitative estimate of drug-likeness (QED) is 0.0521. The average molecular weight is 705 g/mol. The first-order valence-corrected chi connectivity index (χ1v) is 19.1. The number of carbonyl (C=O) groups excluding carboxylic acids is 2. The monoisotopic (exact) mass is 704 g/mol. The molecule has 7 nitrogen and oxygen atoms in total. The summed E-state index contributed by atoms with van der Waals surface area (Å²) in [7, 11) is 0. The molecule has 278 valence electrons. The molecule has 1 aliphatic rings. The van der Waals surface area contributed by atoms with Crippen LogP contribution in [-0.4, -0.2) is 50.6 Å². The topological polar surface area (TPSA) is 80.3 Å². The lowest BCUT2D eigenvalue weighted by molar-refractivity contribution is -0.130. The molecule has 51 heavy (non-hydrogen) atoms. The van der Waals surface area contributed by atoms with E-state index in [0.717, 1.165) is 81.3 Å². The maximum atomic E-state index is 14.8. The molecule has 1 heterocycles. The van der Waals surface area contributed by atoms with E-state index in [9.17, 15) is 14.0 Å². The van der Waals surface area contributed by atoms with Gasteiger partial charge in [-0.2, -0.15) is 0 Å². The summed E-state index contributed by atoms with van der Waals surface area (Å²) in [5.74, 6) is -0.890. The van der Waals surface area contributed by atoms with Crippen LogP contribution in [0.1, 0.15) is 125 Å². The van der Waals surface area contributed by atoms with Crippen molar-refractivity contribution in [3.8, 4) is 22.6 Å². The highest BCUT2D eigenvalue weighted by atomic mass is 19.1. The van der Waals surface area contributed by atoms with Crippen LogP contribution in [0, 0.1) is 11.7 Å². The Labute approximate surface area is 304 Å². The predicted molar refractivity (Wildman–Crippen MR) is 199 cm³/mol. The highest BCUT2D eigenvalue weighted by Gasteiger charge is 2.27. The lowest BCUT2D eigenvalue weighted by atomic mass is 10.0. The summed E-state index contributed by atoms with van der Waals surface area (Å²) in [6, 6.07) is 18.6. The molecule has 0 amide bonds. The van der Waals surface area contributed by atoms with E-state index in [1.807, 2.05) is 50.2 Å². The number of rotatable bonds is 24. The molecule has 8 heteroatoms. The number of hydrogen-bond acceptors (Lipinski definition) is 7. The van der Waals surface area contributed by atoms with Gasteiger partial charge in [-0.25, -0.2) is 14.0 Å². The van der Waals surface area contributed by atoms with Gasteiger partial charge in [0.1, 0.15) is 11.9 Å². The van der Waals surface area contributed by atoms with E-state index in [1.54, 1.807) is 12.1 Å². The summed E-state index contributed by atoms with van der Waals surface area (Å²) in [6.07, 6.45) is 14.5. The molecule has 1 saturated heterocycles. The first-order chi connectivity index (χ1) is 24.9. The zero-order chi connectivity index (χ0) is 36.3. The van der Waals surface area contributed by atoms with Gasteiger partial charge < -0.3 is 23.7 Å². The minimum Gasteiger partial charge on any atom is -0.494 e. The SMILES string of the molecule is CCCC(CCC)OC(=O)c1ccc(OC(=O)c2ccc(-c3ccc(OCCCCCCCCCCCOCC4COC4C)cc3)cc2)c(F)c1. The Hall–Kier alpha value is -3.75. The van der Waals surface area contributed by atoms with Crippen molar-refractivity contribution >= 4 is 11.9 Å². The lowest BCUT2D eigenvalue weighted by Crippen LogP contribution is -2.40. The molecule has 1 fully saturated rings. The number of carbonyl (C=O) groups is 2. The van der Waals surface area contributed by atoms with Crippen LogP contribution in [-0.2, 0) is 14.2 Å². The van der Waals surface area contributed by atoms with Crippen LogP contribution in [0.2, 0.25) is 0 Å². The molecule has 3 aromatic rings. The zero-order valence-electron chi connectivity index (χ0n) is 30.8. The minimum absolute atomic E-state index is 0.0840. The van der Waals surface area contributed by atoms with Gasteiger partial charge in [0.05, 0.1) is 37.1 Å². The lowest BCUT2D eigenvalue weighted by Gasteiger charge is -2.33. The summed E-state index contributed by atoms with van der Waals surface area (Å²) in [5.41, 5.74) is 2.29. The van der Waals surface area contributed by atoms with Crippen LogP contribution in [0.4, 0.5) is 4.39 Å². The molecule has 0 spiro atoms. The summed E-state index contributed by atoms with van der Waals surface area (Å²) < 4.78 is 42.8. The van der Waals surface area contributed by atoms with Gasteiger partial charge >= 0.3 is 11.9 Å². The van der Waals surface area contributed by atoms with Gasteiger partial charge in [0.2, 0.25) is 0 Å². The maximum Gasteiger partial charge on any atom is 0.343 e. The maximum absolute atomic E-state index is 14.8. The fraction of sp³-hybridized carbons (Fsp3) is 0.535. The van der Waals surface area contributed by atoms with E-state index in [2.05, 4.69) is 6.92 Å². The van der Waals surface area contributed by atoms with Crippen molar-refractivity contribution in [1.82, 2.24) is 0 Å². The molecule has 2 atom stereocenters. The van der Waals surface area contributed by atoms with Crippen molar-refractivity contribution in [2.24, 2.45) is 5.92 Å². The van der Waals surface area contributed by atoms with Gasteiger partial charge in [-0.15, -0.1) is 0 Å². The van der Waals surface area contributed by atoms with Crippen LogP contribution >= 0.6 is 0 Å². The van der Waals surface area contributed by atoms with Crippen LogP contribution in [0.5, 0.6) is 11.5 Å². The Morgan fingerprint density at radius 2 is 1.31 bits per heavy atom. The van der Waals surface area contributed by atoms with E-state index in [-0.39, 0.29) is 23.0 Å². The van der Waals surface area contributed by atoms with Crippen molar-refractivity contribution in [2.45, 2.75) is 116 Å². The van der Waals surface area contributed by atoms with E-state index in [0.29, 0.717) is 18.6 Å². The van der Waals surface area contributed by atoms with Crippen LogP contribution in [0.3, 0.4) is 0 Å².